The highest BCUT2D eigenvalue weighted by Crippen LogP contribution is 2.19. The Labute approximate surface area is 221 Å². The largest absolute Gasteiger partial charge is 0.272 e. The van der Waals surface area contributed by atoms with Gasteiger partial charge in [-0.2, -0.15) is 9.41 Å². The number of benzene rings is 2. The molecule has 1 aliphatic rings. The number of carbonyl (C=O) groups excluding carboxylic acids is 1. The van der Waals surface area contributed by atoms with Gasteiger partial charge in [-0.05, 0) is 61.9 Å². The van der Waals surface area contributed by atoms with Crippen LogP contribution in [0.25, 0.3) is 0 Å². The average Bonchev–Trinajstić information content (AvgIpc) is 2.87. The molecule has 0 aromatic heterocycles. The summed E-state index contributed by atoms with van der Waals surface area (Å²) in [6.45, 7) is -0.118. The molecule has 1 fully saturated rings. The number of nitrogens with zero attached hydrogens (tertiary/aromatic N) is 2. The zero-order valence-electron chi connectivity index (χ0n) is 21.0. The van der Waals surface area contributed by atoms with Crippen LogP contribution in [0, 0.1) is 0 Å². The molecule has 0 bridgehead atoms. The number of amides is 1. The van der Waals surface area contributed by atoms with Crippen LogP contribution in [-0.4, -0.2) is 37.4 Å². The number of nitrogens with one attached hydrogen (secondary N) is 1. The summed E-state index contributed by atoms with van der Waals surface area (Å²) >= 11 is 5.95. The second kappa shape index (κ2) is 15.1. The molecular weight excluding hydrogens is 494 g/mol. The van der Waals surface area contributed by atoms with Crippen LogP contribution in [0.2, 0.25) is 5.02 Å². The molecule has 6 nitrogen and oxygen atoms in total. The van der Waals surface area contributed by atoms with E-state index >= 15 is 0 Å². The van der Waals surface area contributed by atoms with Crippen molar-refractivity contribution in [2.24, 2.45) is 5.10 Å². The van der Waals surface area contributed by atoms with Gasteiger partial charge in [0.15, 0.2) is 0 Å². The van der Waals surface area contributed by atoms with Crippen molar-refractivity contribution in [2.75, 3.05) is 13.1 Å². The maximum Gasteiger partial charge on any atom is 0.255 e. The van der Waals surface area contributed by atoms with E-state index in [1.54, 1.807) is 12.1 Å². The fourth-order valence-electron chi connectivity index (χ4n) is 4.41. The van der Waals surface area contributed by atoms with Crippen molar-refractivity contribution in [2.45, 2.75) is 81.9 Å². The minimum atomic E-state index is -3.89. The molecule has 0 aliphatic heterocycles. The SMILES string of the molecule is O=C(CN(CCc1ccccc1)S(=O)(=O)c1ccc(Cl)cc1)NN=C1CCCCCCCCCCC1. The summed E-state index contributed by atoms with van der Waals surface area (Å²) in [6.07, 6.45) is 13.2. The van der Waals surface area contributed by atoms with Crippen LogP contribution in [0.15, 0.2) is 64.6 Å². The van der Waals surface area contributed by atoms with Crippen molar-refractivity contribution in [1.29, 1.82) is 0 Å². The average molecular weight is 532 g/mol. The molecule has 0 atom stereocenters. The van der Waals surface area contributed by atoms with E-state index in [4.69, 9.17) is 11.6 Å². The van der Waals surface area contributed by atoms with Crippen molar-refractivity contribution in [3.8, 4) is 0 Å². The summed E-state index contributed by atoms with van der Waals surface area (Å²) < 4.78 is 28.0. The summed E-state index contributed by atoms with van der Waals surface area (Å²) in [4.78, 5) is 13.0. The number of rotatable bonds is 8. The highest BCUT2D eigenvalue weighted by molar-refractivity contribution is 7.89. The number of sulfonamides is 1. The summed E-state index contributed by atoms with van der Waals surface area (Å²) in [7, 11) is -3.89. The molecule has 36 heavy (non-hydrogen) atoms. The van der Waals surface area contributed by atoms with Gasteiger partial charge in [-0.1, -0.05) is 86.9 Å². The predicted molar refractivity (Wildman–Crippen MR) is 147 cm³/mol. The Morgan fingerprint density at radius 3 is 1.97 bits per heavy atom. The van der Waals surface area contributed by atoms with Crippen LogP contribution < -0.4 is 5.43 Å². The van der Waals surface area contributed by atoms with Gasteiger partial charge in [-0.15, -0.1) is 0 Å². The Morgan fingerprint density at radius 1 is 0.833 bits per heavy atom. The number of hydrazone groups is 1. The minimum absolute atomic E-state index is 0.110. The lowest BCUT2D eigenvalue weighted by molar-refractivity contribution is -0.121. The van der Waals surface area contributed by atoms with Gasteiger partial charge in [0.05, 0.1) is 11.4 Å². The van der Waals surface area contributed by atoms with Crippen molar-refractivity contribution in [1.82, 2.24) is 9.73 Å². The van der Waals surface area contributed by atoms with E-state index in [2.05, 4.69) is 10.5 Å². The molecule has 0 unspecified atom stereocenters. The smallest absolute Gasteiger partial charge is 0.255 e. The molecule has 0 radical (unpaired) electrons. The van der Waals surface area contributed by atoms with Crippen LogP contribution in [0.5, 0.6) is 0 Å². The summed E-state index contributed by atoms with van der Waals surface area (Å²) in [6, 6.07) is 15.7. The Balaban J connectivity index is 1.68. The molecular formula is C28H38ClN3O3S. The monoisotopic (exact) mass is 531 g/mol. The van der Waals surface area contributed by atoms with Crippen LogP contribution in [0.1, 0.15) is 76.2 Å². The summed E-state index contributed by atoms with van der Waals surface area (Å²) in [5.74, 6) is -0.431. The van der Waals surface area contributed by atoms with E-state index in [1.165, 1.54) is 61.4 Å². The van der Waals surface area contributed by atoms with E-state index in [0.29, 0.717) is 11.4 Å². The summed E-state index contributed by atoms with van der Waals surface area (Å²) in [5, 5.41) is 4.88. The van der Waals surface area contributed by atoms with Gasteiger partial charge in [-0.3, -0.25) is 4.79 Å². The Hall–Kier alpha value is -2.22. The fourth-order valence-corrected chi connectivity index (χ4v) is 5.93. The molecule has 0 saturated heterocycles. The van der Waals surface area contributed by atoms with Crippen molar-refractivity contribution in [3.05, 3.63) is 65.2 Å². The van der Waals surface area contributed by atoms with E-state index in [-0.39, 0.29) is 18.0 Å². The third-order valence-corrected chi connectivity index (χ3v) is 8.64. The molecule has 2 aromatic rings. The second-order valence-electron chi connectivity index (χ2n) is 9.42. The van der Waals surface area contributed by atoms with E-state index in [0.717, 1.165) is 37.0 Å². The first kappa shape index (κ1) is 28.4. The topological polar surface area (TPSA) is 78.8 Å². The van der Waals surface area contributed by atoms with Crippen molar-refractivity contribution in [3.63, 3.8) is 0 Å². The molecule has 1 saturated carbocycles. The lowest BCUT2D eigenvalue weighted by Crippen LogP contribution is -2.40. The Kier molecular flexibility index (Phi) is 11.9. The Bertz CT molecular complexity index is 1060. The van der Waals surface area contributed by atoms with Gasteiger partial charge in [-0.25, -0.2) is 13.8 Å². The van der Waals surface area contributed by atoms with Gasteiger partial charge in [0.2, 0.25) is 10.0 Å². The quantitative estimate of drug-likeness (QED) is 0.403. The standard InChI is InChI=1S/C28H38ClN3O3S/c29-25-17-19-27(20-18-25)36(34,35)32(22-21-24-13-9-8-10-14-24)23-28(33)31-30-26-15-11-6-4-2-1-3-5-7-12-16-26/h8-10,13-14,17-20H,1-7,11-12,15-16,21-23H2,(H,31,33). The lowest BCUT2D eigenvalue weighted by Gasteiger charge is -2.21. The van der Waals surface area contributed by atoms with E-state index in [9.17, 15) is 13.2 Å². The highest BCUT2D eigenvalue weighted by Gasteiger charge is 2.26. The van der Waals surface area contributed by atoms with Gasteiger partial charge >= 0.3 is 0 Å². The first-order valence-corrected chi connectivity index (χ1v) is 14.9. The van der Waals surface area contributed by atoms with Crippen molar-refractivity contribution >= 4 is 33.2 Å². The normalized spacial score (nSPS) is 16.1. The molecule has 196 valence electrons. The van der Waals surface area contributed by atoms with Gasteiger partial charge < -0.3 is 0 Å². The lowest BCUT2D eigenvalue weighted by atomic mass is 10.00. The van der Waals surface area contributed by atoms with E-state index < -0.39 is 15.9 Å². The van der Waals surface area contributed by atoms with Crippen LogP contribution in [0.4, 0.5) is 0 Å². The van der Waals surface area contributed by atoms with Gasteiger partial charge in [0.1, 0.15) is 0 Å². The summed E-state index contributed by atoms with van der Waals surface area (Å²) in [5.41, 5.74) is 4.65. The van der Waals surface area contributed by atoms with Gasteiger partial charge in [0, 0.05) is 17.3 Å². The molecule has 0 heterocycles. The Morgan fingerprint density at radius 2 is 1.39 bits per heavy atom. The molecule has 2 aromatic carbocycles. The molecule has 8 heteroatoms. The molecule has 1 aliphatic carbocycles. The number of carbonyl (C=O) groups is 1. The third kappa shape index (κ3) is 9.68. The van der Waals surface area contributed by atoms with Crippen LogP contribution >= 0.6 is 11.6 Å². The molecule has 1 N–H and O–H groups in total. The first-order chi connectivity index (χ1) is 17.4. The van der Waals surface area contributed by atoms with Gasteiger partial charge in [0.25, 0.3) is 5.91 Å². The number of halogens is 1. The molecule has 0 spiro atoms. The predicted octanol–water partition coefficient (Wildman–Crippen LogP) is 6.35. The minimum Gasteiger partial charge on any atom is -0.272 e. The fraction of sp³-hybridized carbons (Fsp3) is 0.500. The number of hydrogen-bond donors (Lipinski definition) is 1. The van der Waals surface area contributed by atoms with Crippen LogP contribution in [0.3, 0.4) is 0 Å². The van der Waals surface area contributed by atoms with Crippen LogP contribution in [-0.2, 0) is 21.2 Å². The third-order valence-electron chi connectivity index (χ3n) is 6.53. The maximum absolute atomic E-state index is 13.4. The first-order valence-electron chi connectivity index (χ1n) is 13.1. The molecule has 1 amide bonds. The molecule has 3 rings (SSSR count). The second-order valence-corrected chi connectivity index (χ2v) is 11.8. The maximum atomic E-state index is 13.4. The van der Waals surface area contributed by atoms with E-state index in [1.807, 2.05) is 30.3 Å². The zero-order chi connectivity index (χ0) is 25.6. The zero-order valence-corrected chi connectivity index (χ0v) is 22.6. The number of hydrogen-bond acceptors (Lipinski definition) is 4. The van der Waals surface area contributed by atoms with Crippen molar-refractivity contribution < 1.29 is 13.2 Å². The highest BCUT2D eigenvalue weighted by atomic mass is 35.5.